The summed E-state index contributed by atoms with van der Waals surface area (Å²) < 4.78 is 7.01. The zero-order valence-electron chi connectivity index (χ0n) is 18.7. The lowest BCUT2D eigenvalue weighted by molar-refractivity contribution is -0.130. The molecule has 3 heterocycles. The van der Waals surface area contributed by atoms with E-state index in [0.29, 0.717) is 43.8 Å². The van der Waals surface area contributed by atoms with Crippen LogP contribution in [0.3, 0.4) is 0 Å². The van der Waals surface area contributed by atoms with Crippen LogP contribution < -0.4 is 9.64 Å². The van der Waals surface area contributed by atoms with Crippen LogP contribution in [0.5, 0.6) is 5.75 Å². The number of carbonyl (C=O) groups is 1. The molecule has 9 nitrogen and oxygen atoms in total. The van der Waals surface area contributed by atoms with E-state index in [1.807, 2.05) is 54.3 Å². The summed E-state index contributed by atoms with van der Waals surface area (Å²) in [5.41, 5.74) is 4.30. The Morgan fingerprint density at radius 2 is 1.85 bits per heavy atom. The molecule has 1 saturated heterocycles. The highest BCUT2D eigenvalue weighted by atomic mass is 16.5. The maximum atomic E-state index is 12.8. The van der Waals surface area contributed by atoms with E-state index in [9.17, 15) is 4.79 Å². The fourth-order valence-corrected chi connectivity index (χ4v) is 4.16. The van der Waals surface area contributed by atoms with Gasteiger partial charge in [0.15, 0.2) is 17.0 Å². The number of hydrogen-bond donors (Lipinski definition) is 0. The van der Waals surface area contributed by atoms with Gasteiger partial charge in [-0.15, -0.1) is 5.10 Å². The molecule has 0 spiro atoms. The number of ether oxygens (including phenoxy) is 1. The second-order valence-electron chi connectivity index (χ2n) is 8.11. The number of methoxy groups -OCH3 is 1. The van der Waals surface area contributed by atoms with Crippen molar-refractivity contribution in [2.45, 2.75) is 13.3 Å². The minimum absolute atomic E-state index is 0.150. The van der Waals surface area contributed by atoms with Crippen molar-refractivity contribution < 1.29 is 9.53 Å². The summed E-state index contributed by atoms with van der Waals surface area (Å²) in [5.74, 6) is 1.62. The Morgan fingerprint density at radius 3 is 2.64 bits per heavy atom. The van der Waals surface area contributed by atoms with Crippen LogP contribution in [-0.2, 0) is 11.2 Å². The van der Waals surface area contributed by atoms with E-state index in [2.05, 4.69) is 31.2 Å². The van der Waals surface area contributed by atoms with Crippen LogP contribution in [0.4, 0.5) is 5.82 Å². The molecule has 1 aliphatic heterocycles. The Bertz CT molecular complexity index is 1290. The van der Waals surface area contributed by atoms with Crippen LogP contribution in [-0.4, -0.2) is 69.1 Å². The molecule has 2 aromatic heterocycles. The average molecular weight is 444 g/mol. The van der Waals surface area contributed by atoms with Gasteiger partial charge < -0.3 is 14.5 Å². The van der Waals surface area contributed by atoms with Crippen molar-refractivity contribution in [3.63, 3.8) is 0 Å². The molecule has 0 saturated carbocycles. The van der Waals surface area contributed by atoms with E-state index in [1.54, 1.807) is 11.8 Å². The molecule has 0 bridgehead atoms. The van der Waals surface area contributed by atoms with Crippen LogP contribution in [0.15, 0.2) is 54.9 Å². The lowest BCUT2D eigenvalue weighted by Crippen LogP contribution is -2.49. The highest BCUT2D eigenvalue weighted by Crippen LogP contribution is 2.25. The highest BCUT2D eigenvalue weighted by molar-refractivity contribution is 5.84. The van der Waals surface area contributed by atoms with Crippen LogP contribution in [0.2, 0.25) is 0 Å². The molecule has 0 aliphatic carbocycles. The number of aromatic nitrogens is 5. The van der Waals surface area contributed by atoms with Crippen molar-refractivity contribution in [1.29, 1.82) is 0 Å². The summed E-state index contributed by atoms with van der Waals surface area (Å²) in [4.78, 5) is 25.8. The van der Waals surface area contributed by atoms with E-state index in [0.717, 1.165) is 22.8 Å². The molecule has 5 rings (SSSR count). The Hall–Kier alpha value is -4.01. The first kappa shape index (κ1) is 20.9. The van der Waals surface area contributed by atoms with Crippen LogP contribution >= 0.6 is 0 Å². The van der Waals surface area contributed by atoms with E-state index < -0.39 is 0 Å². The smallest absolute Gasteiger partial charge is 0.227 e. The topological polar surface area (TPSA) is 89.3 Å². The number of amides is 1. The molecule has 2 aromatic carbocycles. The first-order valence-corrected chi connectivity index (χ1v) is 10.9. The standard InChI is InChI=1S/C24H25N7O2/c1-17-5-3-6-18(13-17)14-21(32)29-9-11-30(12-10-29)23-22-24(26-16-25-23)31(28-27-22)19-7-4-8-20(15-19)33-2/h3-8,13,15-16H,9-12,14H2,1-2H3. The Kier molecular flexibility index (Phi) is 5.60. The normalized spacial score (nSPS) is 14.0. The number of benzene rings is 2. The Balaban J connectivity index is 1.31. The van der Waals surface area contributed by atoms with Gasteiger partial charge in [0.2, 0.25) is 5.91 Å². The van der Waals surface area contributed by atoms with Crippen molar-refractivity contribution in [3.8, 4) is 11.4 Å². The second-order valence-corrected chi connectivity index (χ2v) is 8.11. The molecule has 1 aliphatic rings. The Labute approximate surface area is 191 Å². The van der Waals surface area contributed by atoms with E-state index >= 15 is 0 Å². The van der Waals surface area contributed by atoms with E-state index in [4.69, 9.17) is 4.74 Å². The van der Waals surface area contributed by atoms with Gasteiger partial charge in [-0.05, 0) is 24.6 Å². The fourth-order valence-electron chi connectivity index (χ4n) is 4.16. The third kappa shape index (κ3) is 4.21. The number of carbonyl (C=O) groups excluding carboxylic acids is 1. The summed E-state index contributed by atoms with van der Waals surface area (Å²) in [7, 11) is 1.63. The lowest BCUT2D eigenvalue weighted by Gasteiger charge is -2.35. The van der Waals surface area contributed by atoms with Crippen molar-refractivity contribution in [3.05, 3.63) is 66.0 Å². The van der Waals surface area contributed by atoms with Crippen molar-refractivity contribution in [1.82, 2.24) is 29.9 Å². The number of anilines is 1. The summed E-state index contributed by atoms with van der Waals surface area (Å²) in [6.45, 7) is 4.68. The Morgan fingerprint density at radius 1 is 1.03 bits per heavy atom. The molecular formula is C24H25N7O2. The monoisotopic (exact) mass is 443 g/mol. The van der Waals surface area contributed by atoms with Gasteiger partial charge in [0, 0.05) is 32.2 Å². The number of rotatable bonds is 5. The van der Waals surface area contributed by atoms with Gasteiger partial charge in [0.05, 0.1) is 19.2 Å². The second kappa shape index (κ2) is 8.85. The predicted octanol–water partition coefficient (Wildman–Crippen LogP) is 2.42. The molecule has 0 unspecified atom stereocenters. The summed E-state index contributed by atoms with van der Waals surface area (Å²) in [5, 5.41) is 8.68. The number of aryl methyl sites for hydroxylation is 1. The maximum Gasteiger partial charge on any atom is 0.227 e. The summed E-state index contributed by atoms with van der Waals surface area (Å²) in [6, 6.07) is 15.7. The van der Waals surface area contributed by atoms with Crippen LogP contribution in [0, 0.1) is 6.92 Å². The van der Waals surface area contributed by atoms with Crippen LogP contribution in [0.25, 0.3) is 16.9 Å². The van der Waals surface area contributed by atoms with Crippen LogP contribution in [0.1, 0.15) is 11.1 Å². The molecule has 0 atom stereocenters. The van der Waals surface area contributed by atoms with Gasteiger partial charge >= 0.3 is 0 Å². The number of nitrogens with zero attached hydrogens (tertiary/aromatic N) is 7. The molecule has 0 N–H and O–H groups in total. The first-order valence-electron chi connectivity index (χ1n) is 10.9. The molecule has 0 radical (unpaired) electrons. The molecule has 33 heavy (non-hydrogen) atoms. The van der Waals surface area contributed by atoms with Gasteiger partial charge in [-0.3, -0.25) is 4.79 Å². The zero-order valence-corrected chi connectivity index (χ0v) is 18.7. The first-order chi connectivity index (χ1) is 16.1. The average Bonchev–Trinajstić information content (AvgIpc) is 3.28. The molecule has 4 aromatic rings. The van der Waals surface area contributed by atoms with Crippen molar-refractivity contribution >= 4 is 22.9 Å². The number of piperazine rings is 1. The molecule has 1 amide bonds. The summed E-state index contributed by atoms with van der Waals surface area (Å²) in [6.07, 6.45) is 1.96. The summed E-state index contributed by atoms with van der Waals surface area (Å²) >= 11 is 0. The van der Waals surface area contributed by atoms with Gasteiger partial charge in [-0.1, -0.05) is 41.1 Å². The zero-order chi connectivity index (χ0) is 22.8. The SMILES string of the molecule is COc1cccc(-n2nnc3c(N4CCN(C(=O)Cc5cccc(C)c5)CC4)ncnc32)c1. The minimum atomic E-state index is 0.150. The minimum Gasteiger partial charge on any atom is -0.497 e. The van der Waals surface area contributed by atoms with Gasteiger partial charge in [0.1, 0.15) is 12.1 Å². The number of hydrogen-bond acceptors (Lipinski definition) is 7. The van der Waals surface area contributed by atoms with Gasteiger partial charge in [0.25, 0.3) is 0 Å². The lowest BCUT2D eigenvalue weighted by atomic mass is 10.1. The molecular weight excluding hydrogens is 418 g/mol. The third-order valence-corrected chi connectivity index (χ3v) is 5.89. The largest absolute Gasteiger partial charge is 0.497 e. The molecule has 168 valence electrons. The number of fused-ring (bicyclic) bond motifs is 1. The van der Waals surface area contributed by atoms with Gasteiger partial charge in [-0.2, -0.15) is 4.68 Å². The molecule has 1 fully saturated rings. The van der Waals surface area contributed by atoms with Gasteiger partial charge in [-0.25, -0.2) is 9.97 Å². The fraction of sp³-hybridized carbons (Fsp3) is 0.292. The van der Waals surface area contributed by atoms with E-state index in [-0.39, 0.29) is 5.91 Å². The van der Waals surface area contributed by atoms with E-state index in [1.165, 1.54) is 11.9 Å². The van der Waals surface area contributed by atoms with Crippen molar-refractivity contribution in [2.24, 2.45) is 0 Å². The molecule has 9 heteroatoms. The maximum absolute atomic E-state index is 12.8. The van der Waals surface area contributed by atoms with Crippen molar-refractivity contribution in [2.75, 3.05) is 38.2 Å². The quantitative estimate of drug-likeness (QED) is 0.468. The highest BCUT2D eigenvalue weighted by Gasteiger charge is 2.25. The third-order valence-electron chi connectivity index (χ3n) is 5.89. The predicted molar refractivity (Wildman–Crippen MR) is 125 cm³/mol.